The number of nitrogens with zero attached hydrogens (tertiary/aromatic N) is 1. The van der Waals surface area contributed by atoms with Crippen molar-refractivity contribution < 1.29 is 34.2 Å². The van der Waals surface area contributed by atoms with Crippen LogP contribution in [0.2, 0.25) is 0 Å². The number of quaternary nitrogens is 1. The molecule has 0 rings (SSSR count). The minimum Gasteiger partial charge on any atom is -0.481 e. The number of aliphatic carboxylic acids is 3. The quantitative estimate of drug-likeness (QED) is 0.0720. The van der Waals surface area contributed by atoms with Crippen molar-refractivity contribution in [1.82, 2.24) is 0 Å². The summed E-state index contributed by atoms with van der Waals surface area (Å²) >= 11 is 0. The summed E-state index contributed by atoms with van der Waals surface area (Å²) in [4.78, 5) is 35.7. The molecule has 3 N–H and O–H groups in total. The molecule has 0 saturated carbocycles. The minimum absolute atomic E-state index is 0.255. The van der Waals surface area contributed by atoms with Crippen molar-refractivity contribution in [3.8, 4) is 0 Å². The van der Waals surface area contributed by atoms with Gasteiger partial charge >= 0.3 is 17.9 Å². The first kappa shape index (κ1) is 34.1. The molecule has 36 heavy (non-hydrogen) atoms. The fourth-order valence-corrected chi connectivity index (χ4v) is 5.20. The highest BCUT2D eigenvalue weighted by Crippen LogP contribution is 2.25. The van der Waals surface area contributed by atoms with Gasteiger partial charge < -0.3 is 19.8 Å². The zero-order chi connectivity index (χ0) is 27.4. The van der Waals surface area contributed by atoms with E-state index in [0.717, 1.165) is 25.7 Å². The summed E-state index contributed by atoms with van der Waals surface area (Å²) in [5.74, 6) is -4.53. The fourth-order valence-electron chi connectivity index (χ4n) is 5.20. The van der Waals surface area contributed by atoms with Crippen molar-refractivity contribution >= 4 is 17.9 Å². The molecular weight excluding hydrogens is 458 g/mol. The maximum Gasteiger partial charge on any atom is 0.312 e. The molecule has 7 nitrogen and oxygen atoms in total. The number of allylic oxidation sites excluding steroid dienone is 1. The van der Waals surface area contributed by atoms with E-state index in [0.29, 0.717) is 25.8 Å². The second-order valence-corrected chi connectivity index (χ2v) is 10.6. The number of carbonyl (C=O) groups is 3. The Morgan fingerprint density at radius 2 is 0.917 bits per heavy atom. The van der Waals surface area contributed by atoms with Crippen LogP contribution in [0.3, 0.4) is 0 Å². The maximum absolute atomic E-state index is 11.9. The number of unbranched alkanes of at least 4 members (excludes halogenated alkanes) is 10. The fraction of sp³-hybridized carbons (Fsp3) is 0.828. The molecule has 210 valence electrons. The third kappa shape index (κ3) is 14.6. The molecule has 0 aliphatic heterocycles. The zero-order valence-corrected chi connectivity index (χ0v) is 23.3. The van der Waals surface area contributed by atoms with E-state index < -0.39 is 35.7 Å². The summed E-state index contributed by atoms with van der Waals surface area (Å²) in [5, 5.41) is 29.3. The van der Waals surface area contributed by atoms with E-state index in [1.54, 1.807) is 0 Å². The van der Waals surface area contributed by atoms with Crippen molar-refractivity contribution in [1.29, 1.82) is 0 Å². The van der Waals surface area contributed by atoms with Crippen LogP contribution in [0, 0.1) is 17.8 Å². The van der Waals surface area contributed by atoms with Gasteiger partial charge in [0.15, 0.2) is 0 Å². The lowest BCUT2D eigenvalue weighted by Gasteiger charge is -2.43. The van der Waals surface area contributed by atoms with Gasteiger partial charge in [0, 0.05) is 0 Å². The standard InChI is InChI=1S/C29H53NO6/c1-5-9-10-11-12-13-14-15-16-17-18-19-20-30(21-24(6-2)27(31)32,22-25(7-3)28(33)34)23-26(8-4)29(35)36/h5,24-26H,1,6-23H2,2-4H3,(H2-,31,32,33,34,35,36)/p+1. The van der Waals surface area contributed by atoms with E-state index in [9.17, 15) is 29.7 Å². The van der Waals surface area contributed by atoms with Gasteiger partial charge in [-0.05, 0) is 44.9 Å². The molecule has 0 saturated heterocycles. The highest BCUT2D eigenvalue weighted by atomic mass is 16.4. The van der Waals surface area contributed by atoms with Crippen LogP contribution in [0.5, 0.6) is 0 Å². The average molecular weight is 513 g/mol. The smallest absolute Gasteiger partial charge is 0.312 e. The molecule has 0 amide bonds. The average Bonchev–Trinajstić information content (AvgIpc) is 2.84. The Bertz CT molecular complexity index is 575. The Kier molecular flexibility index (Phi) is 19.1. The van der Waals surface area contributed by atoms with Crippen LogP contribution >= 0.6 is 0 Å². The van der Waals surface area contributed by atoms with E-state index in [1.165, 1.54) is 44.9 Å². The Morgan fingerprint density at radius 1 is 0.611 bits per heavy atom. The molecule has 0 aliphatic carbocycles. The molecule has 0 bridgehead atoms. The Labute approximate surface area is 219 Å². The van der Waals surface area contributed by atoms with Gasteiger partial charge in [0.1, 0.15) is 17.8 Å². The first-order chi connectivity index (χ1) is 17.2. The van der Waals surface area contributed by atoms with E-state index in [1.807, 2.05) is 26.8 Å². The molecule has 0 fully saturated rings. The number of carboxylic acids is 3. The van der Waals surface area contributed by atoms with Gasteiger partial charge in [0.2, 0.25) is 0 Å². The van der Waals surface area contributed by atoms with Crippen LogP contribution in [-0.2, 0) is 14.4 Å². The van der Waals surface area contributed by atoms with Crippen LogP contribution in [0.1, 0.15) is 111 Å². The molecule has 0 aromatic carbocycles. The Balaban J connectivity index is 5.19. The molecule has 0 heterocycles. The molecule has 7 heteroatoms. The SMILES string of the molecule is C=CCCCCCCCCCCCC[N+](CC(CC)C(=O)O)(CC(CC)C(=O)O)CC(CC)C(=O)O. The summed E-state index contributed by atoms with van der Waals surface area (Å²) < 4.78 is 0.255. The topological polar surface area (TPSA) is 112 Å². The van der Waals surface area contributed by atoms with E-state index in [4.69, 9.17) is 0 Å². The summed E-state index contributed by atoms with van der Waals surface area (Å²) in [5.41, 5.74) is 0. The maximum atomic E-state index is 11.9. The van der Waals surface area contributed by atoms with E-state index in [2.05, 4.69) is 6.58 Å². The van der Waals surface area contributed by atoms with Crippen LogP contribution in [-0.4, -0.2) is 63.9 Å². The van der Waals surface area contributed by atoms with Gasteiger partial charge in [-0.3, -0.25) is 14.4 Å². The molecule has 0 aromatic rings. The van der Waals surface area contributed by atoms with Crippen molar-refractivity contribution in [2.24, 2.45) is 17.8 Å². The third-order valence-electron chi connectivity index (χ3n) is 7.64. The highest BCUT2D eigenvalue weighted by Gasteiger charge is 2.40. The monoisotopic (exact) mass is 512 g/mol. The number of hydrogen-bond acceptors (Lipinski definition) is 3. The lowest BCUT2D eigenvalue weighted by atomic mass is 9.95. The van der Waals surface area contributed by atoms with Crippen LogP contribution < -0.4 is 0 Å². The van der Waals surface area contributed by atoms with Crippen molar-refractivity contribution in [2.75, 3.05) is 26.2 Å². The Hall–Kier alpha value is -1.89. The molecule has 0 aliphatic rings. The number of hydrogen-bond donors (Lipinski definition) is 3. The Morgan fingerprint density at radius 3 is 1.19 bits per heavy atom. The summed E-state index contributed by atoms with van der Waals surface area (Å²) in [6, 6.07) is 0. The molecular formula is C29H54NO6+. The van der Waals surface area contributed by atoms with E-state index >= 15 is 0 Å². The van der Waals surface area contributed by atoms with Gasteiger partial charge in [0.25, 0.3) is 0 Å². The summed E-state index contributed by atoms with van der Waals surface area (Å²) in [7, 11) is 0. The number of carboxylic acid groups (broad SMARTS) is 3. The number of rotatable bonds is 25. The van der Waals surface area contributed by atoms with Crippen LogP contribution in [0.25, 0.3) is 0 Å². The van der Waals surface area contributed by atoms with Gasteiger partial charge in [-0.2, -0.15) is 0 Å². The first-order valence-corrected chi connectivity index (χ1v) is 14.3. The molecule has 3 atom stereocenters. The third-order valence-corrected chi connectivity index (χ3v) is 7.64. The van der Waals surface area contributed by atoms with Crippen LogP contribution in [0.4, 0.5) is 0 Å². The highest BCUT2D eigenvalue weighted by molar-refractivity contribution is 5.71. The largest absolute Gasteiger partial charge is 0.481 e. The lowest BCUT2D eigenvalue weighted by molar-refractivity contribution is -0.935. The van der Waals surface area contributed by atoms with E-state index in [-0.39, 0.29) is 24.1 Å². The lowest BCUT2D eigenvalue weighted by Crippen LogP contribution is -2.58. The normalized spacial score (nSPS) is 15.5. The summed E-state index contributed by atoms with van der Waals surface area (Å²) in [6.45, 7) is 10.7. The van der Waals surface area contributed by atoms with Crippen molar-refractivity contribution in [3.63, 3.8) is 0 Å². The van der Waals surface area contributed by atoms with Gasteiger partial charge in [-0.15, -0.1) is 6.58 Å². The minimum atomic E-state index is -0.892. The molecule has 0 radical (unpaired) electrons. The molecule has 0 spiro atoms. The second-order valence-electron chi connectivity index (χ2n) is 10.6. The molecule has 0 aromatic heterocycles. The van der Waals surface area contributed by atoms with Gasteiger partial charge in [0.05, 0.1) is 26.2 Å². The second kappa shape index (κ2) is 20.2. The van der Waals surface area contributed by atoms with Gasteiger partial charge in [-0.25, -0.2) is 0 Å². The first-order valence-electron chi connectivity index (χ1n) is 14.3. The predicted molar refractivity (Wildman–Crippen MR) is 145 cm³/mol. The zero-order valence-electron chi connectivity index (χ0n) is 23.3. The molecule has 3 unspecified atom stereocenters. The summed E-state index contributed by atoms with van der Waals surface area (Å²) in [6.07, 6.45) is 16.0. The van der Waals surface area contributed by atoms with Crippen molar-refractivity contribution in [3.05, 3.63) is 12.7 Å². The van der Waals surface area contributed by atoms with Gasteiger partial charge in [-0.1, -0.05) is 71.8 Å². The van der Waals surface area contributed by atoms with Crippen LogP contribution in [0.15, 0.2) is 12.7 Å². The predicted octanol–water partition coefficient (Wildman–Crippen LogP) is 6.61. The van der Waals surface area contributed by atoms with Crippen molar-refractivity contribution in [2.45, 2.75) is 111 Å².